The predicted octanol–water partition coefficient (Wildman–Crippen LogP) is -1.23. The van der Waals surface area contributed by atoms with Crippen molar-refractivity contribution in [3.8, 4) is 0 Å². The van der Waals surface area contributed by atoms with Gasteiger partial charge in [-0.15, -0.1) is 0 Å². The van der Waals surface area contributed by atoms with Crippen LogP contribution in [0.5, 0.6) is 0 Å². The predicted molar refractivity (Wildman–Crippen MR) is 54.8 cm³/mol. The summed E-state index contributed by atoms with van der Waals surface area (Å²) in [6.45, 7) is 1.96. The molecule has 0 bridgehead atoms. The number of aliphatic carboxylic acids is 1. The molecule has 0 spiro atoms. The molecule has 7 heteroatoms. The van der Waals surface area contributed by atoms with Gasteiger partial charge in [0.05, 0.1) is 0 Å². The van der Waals surface area contributed by atoms with Crippen LogP contribution in [-0.4, -0.2) is 54.1 Å². The first-order chi connectivity index (χ1) is 7.59. The number of carboxylic acid groups (broad SMARTS) is 1. The molecule has 0 saturated carbocycles. The van der Waals surface area contributed by atoms with E-state index in [-0.39, 0.29) is 6.03 Å². The lowest BCUT2D eigenvalue weighted by molar-refractivity contribution is -0.131. The van der Waals surface area contributed by atoms with E-state index >= 15 is 0 Å². The van der Waals surface area contributed by atoms with Gasteiger partial charge in [-0.25, -0.2) is 9.59 Å². The third-order valence-corrected chi connectivity index (χ3v) is 2.00. The van der Waals surface area contributed by atoms with E-state index in [0.29, 0.717) is 26.2 Å². The first-order valence-corrected chi connectivity index (χ1v) is 4.81. The van der Waals surface area contributed by atoms with Gasteiger partial charge in [-0.3, -0.25) is 4.79 Å². The van der Waals surface area contributed by atoms with E-state index in [9.17, 15) is 14.4 Å². The third kappa shape index (κ3) is 3.99. The summed E-state index contributed by atoms with van der Waals surface area (Å²) < 4.78 is 0. The first-order valence-electron chi connectivity index (χ1n) is 4.81. The van der Waals surface area contributed by atoms with E-state index in [0.717, 1.165) is 12.2 Å². The Bertz CT molecular complexity index is 327. The molecule has 0 aromatic heterocycles. The summed E-state index contributed by atoms with van der Waals surface area (Å²) in [7, 11) is 0. The Morgan fingerprint density at radius 2 is 2.25 bits per heavy atom. The minimum atomic E-state index is -1.17. The standard InChI is InChI=1S/C9H13N3O4/c13-7(1-2-8(14)15)10-3-5-12-6-4-11-9(12)16/h1-2H,3-6H2,(H,10,13)(H,11,16)(H,14,15)/b2-1-. The second kappa shape index (κ2) is 5.74. The van der Waals surface area contributed by atoms with Gasteiger partial charge in [-0.1, -0.05) is 0 Å². The smallest absolute Gasteiger partial charge is 0.328 e. The Balaban J connectivity index is 2.17. The van der Waals surface area contributed by atoms with Crippen LogP contribution in [0.2, 0.25) is 0 Å². The molecule has 0 radical (unpaired) electrons. The van der Waals surface area contributed by atoms with Crippen LogP contribution in [-0.2, 0) is 9.59 Å². The molecule has 0 atom stereocenters. The van der Waals surface area contributed by atoms with Gasteiger partial charge in [0, 0.05) is 38.3 Å². The average molecular weight is 227 g/mol. The summed E-state index contributed by atoms with van der Waals surface area (Å²) >= 11 is 0. The summed E-state index contributed by atoms with van der Waals surface area (Å²) in [5.41, 5.74) is 0. The van der Waals surface area contributed by atoms with E-state index in [2.05, 4.69) is 10.6 Å². The fourth-order valence-electron chi connectivity index (χ4n) is 1.24. The lowest BCUT2D eigenvalue weighted by Gasteiger charge is -2.13. The van der Waals surface area contributed by atoms with Crippen LogP contribution in [0.1, 0.15) is 0 Å². The zero-order valence-electron chi connectivity index (χ0n) is 8.60. The van der Waals surface area contributed by atoms with Crippen molar-refractivity contribution in [1.82, 2.24) is 15.5 Å². The van der Waals surface area contributed by atoms with Crippen LogP contribution in [0.25, 0.3) is 0 Å². The van der Waals surface area contributed by atoms with E-state index in [4.69, 9.17) is 5.11 Å². The van der Waals surface area contributed by atoms with Gasteiger partial charge in [0.15, 0.2) is 0 Å². The SMILES string of the molecule is O=C(O)/C=C\C(=O)NCCN1CCNC1=O. The van der Waals surface area contributed by atoms with E-state index in [1.807, 2.05) is 0 Å². The molecule has 1 fully saturated rings. The van der Waals surface area contributed by atoms with Gasteiger partial charge in [-0.2, -0.15) is 0 Å². The number of hydrogen-bond acceptors (Lipinski definition) is 3. The molecule has 1 aliphatic rings. The maximum atomic E-state index is 11.1. The van der Waals surface area contributed by atoms with Crippen molar-refractivity contribution >= 4 is 17.9 Å². The van der Waals surface area contributed by atoms with Crippen LogP contribution in [0.15, 0.2) is 12.2 Å². The number of rotatable bonds is 5. The monoisotopic (exact) mass is 227 g/mol. The molecule has 1 heterocycles. The summed E-state index contributed by atoms with van der Waals surface area (Å²) in [5, 5.41) is 13.4. The lowest BCUT2D eigenvalue weighted by Crippen LogP contribution is -2.36. The summed E-state index contributed by atoms with van der Waals surface area (Å²) in [4.78, 5) is 33.8. The van der Waals surface area contributed by atoms with Crippen LogP contribution < -0.4 is 10.6 Å². The zero-order valence-corrected chi connectivity index (χ0v) is 8.60. The molecule has 1 rings (SSSR count). The molecule has 0 aromatic carbocycles. The van der Waals surface area contributed by atoms with Gasteiger partial charge < -0.3 is 20.6 Å². The quantitative estimate of drug-likeness (QED) is 0.512. The van der Waals surface area contributed by atoms with Gasteiger partial charge in [0.1, 0.15) is 0 Å². The molecule has 88 valence electrons. The number of urea groups is 1. The highest BCUT2D eigenvalue weighted by atomic mass is 16.4. The molecular formula is C9H13N3O4. The molecule has 3 N–H and O–H groups in total. The maximum Gasteiger partial charge on any atom is 0.328 e. The normalized spacial score (nSPS) is 15.2. The molecule has 3 amide bonds. The molecule has 7 nitrogen and oxygen atoms in total. The van der Waals surface area contributed by atoms with Gasteiger partial charge >= 0.3 is 12.0 Å². The number of amides is 3. The molecule has 1 saturated heterocycles. The Morgan fingerprint density at radius 3 is 2.81 bits per heavy atom. The van der Waals surface area contributed by atoms with Crippen LogP contribution in [0.4, 0.5) is 4.79 Å². The van der Waals surface area contributed by atoms with Crippen LogP contribution >= 0.6 is 0 Å². The Hall–Kier alpha value is -2.05. The fraction of sp³-hybridized carbons (Fsp3) is 0.444. The van der Waals surface area contributed by atoms with Crippen molar-refractivity contribution in [2.24, 2.45) is 0 Å². The number of carbonyl (C=O) groups is 3. The highest BCUT2D eigenvalue weighted by molar-refractivity contribution is 5.93. The fourth-order valence-corrected chi connectivity index (χ4v) is 1.24. The highest BCUT2D eigenvalue weighted by Gasteiger charge is 2.18. The van der Waals surface area contributed by atoms with Gasteiger partial charge in [-0.05, 0) is 0 Å². The number of nitrogens with one attached hydrogen (secondary N) is 2. The average Bonchev–Trinajstić information content (AvgIpc) is 2.61. The van der Waals surface area contributed by atoms with Crippen molar-refractivity contribution in [1.29, 1.82) is 0 Å². The molecule has 0 unspecified atom stereocenters. The molecule has 1 aliphatic heterocycles. The van der Waals surface area contributed by atoms with Gasteiger partial charge in [0.2, 0.25) is 5.91 Å². The Labute approximate surface area is 92.1 Å². The molecule has 0 aliphatic carbocycles. The highest BCUT2D eigenvalue weighted by Crippen LogP contribution is 1.94. The van der Waals surface area contributed by atoms with Crippen molar-refractivity contribution in [3.05, 3.63) is 12.2 Å². The second-order valence-electron chi connectivity index (χ2n) is 3.18. The van der Waals surface area contributed by atoms with E-state index in [1.165, 1.54) is 0 Å². The number of nitrogens with zero attached hydrogens (tertiary/aromatic N) is 1. The van der Waals surface area contributed by atoms with Crippen LogP contribution in [0, 0.1) is 0 Å². The Kier molecular flexibility index (Phi) is 4.31. The summed E-state index contributed by atoms with van der Waals surface area (Å²) in [6, 6.07) is -0.143. The van der Waals surface area contributed by atoms with Crippen molar-refractivity contribution in [2.45, 2.75) is 0 Å². The van der Waals surface area contributed by atoms with Crippen LogP contribution in [0.3, 0.4) is 0 Å². The minimum absolute atomic E-state index is 0.143. The van der Waals surface area contributed by atoms with Crippen molar-refractivity contribution in [2.75, 3.05) is 26.2 Å². The largest absolute Gasteiger partial charge is 0.478 e. The Morgan fingerprint density at radius 1 is 1.50 bits per heavy atom. The van der Waals surface area contributed by atoms with Crippen molar-refractivity contribution in [3.63, 3.8) is 0 Å². The van der Waals surface area contributed by atoms with Crippen molar-refractivity contribution < 1.29 is 19.5 Å². The topological polar surface area (TPSA) is 98.7 Å². The number of carbonyl (C=O) groups excluding carboxylic acids is 2. The number of carboxylic acids is 1. The van der Waals surface area contributed by atoms with E-state index < -0.39 is 11.9 Å². The number of hydrogen-bond donors (Lipinski definition) is 3. The second-order valence-corrected chi connectivity index (χ2v) is 3.18. The minimum Gasteiger partial charge on any atom is -0.478 e. The molecule has 16 heavy (non-hydrogen) atoms. The summed E-state index contributed by atoms with van der Waals surface area (Å²) in [5.74, 6) is -1.66. The molecule has 0 aromatic rings. The third-order valence-electron chi connectivity index (χ3n) is 2.00. The zero-order chi connectivity index (χ0) is 12.0. The maximum absolute atomic E-state index is 11.1. The first kappa shape index (κ1) is 12.0. The van der Waals surface area contributed by atoms with Gasteiger partial charge in [0.25, 0.3) is 0 Å². The van der Waals surface area contributed by atoms with E-state index in [1.54, 1.807) is 4.90 Å². The summed E-state index contributed by atoms with van der Waals surface area (Å²) in [6.07, 6.45) is 1.70. The lowest BCUT2D eigenvalue weighted by atomic mass is 10.4. The molecular weight excluding hydrogens is 214 g/mol.